The van der Waals surface area contributed by atoms with Gasteiger partial charge in [0, 0.05) is 11.1 Å². The largest absolute Gasteiger partial charge is 0.504 e. The average molecular weight is 473 g/mol. The highest BCUT2D eigenvalue weighted by atomic mass is 35.5. The van der Waals surface area contributed by atoms with Gasteiger partial charge in [-0.2, -0.15) is 4.98 Å². The lowest BCUT2D eigenvalue weighted by molar-refractivity contribution is -0.129. The van der Waals surface area contributed by atoms with Gasteiger partial charge < -0.3 is 18.9 Å². The van der Waals surface area contributed by atoms with Gasteiger partial charge in [-0.1, -0.05) is 29.8 Å². The second kappa shape index (κ2) is 11.4. The Morgan fingerprint density at radius 2 is 1.91 bits per heavy atom. The maximum Gasteiger partial charge on any atom is 0.339 e. The van der Waals surface area contributed by atoms with Crippen molar-refractivity contribution in [2.45, 2.75) is 18.6 Å². The van der Waals surface area contributed by atoms with Crippen LogP contribution in [-0.2, 0) is 16.1 Å². The number of aryl methyl sites for hydroxylation is 1. The first-order chi connectivity index (χ1) is 15.5. The third-order valence-electron chi connectivity index (χ3n) is 3.97. The first-order valence-corrected chi connectivity index (χ1v) is 11.1. The van der Waals surface area contributed by atoms with Gasteiger partial charge in [0.2, 0.25) is 5.75 Å². The van der Waals surface area contributed by atoms with Crippen LogP contribution < -0.4 is 14.2 Å². The van der Waals surface area contributed by atoms with E-state index in [0.29, 0.717) is 34.0 Å². The van der Waals surface area contributed by atoms with Crippen molar-refractivity contribution in [3.63, 3.8) is 0 Å². The lowest BCUT2D eigenvalue weighted by Crippen LogP contribution is -2.09. The van der Waals surface area contributed by atoms with E-state index in [4.69, 9.17) is 30.5 Å². The number of hydrogen-bond acceptors (Lipinski definition) is 8. The number of methoxy groups -OCH3 is 1. The molecule has 1 aromatic heterocycles. The van der Waals surface area contributed by atoms with Crippen molar-refractivity contribution < 1.29 is 23.7 Å². The molecule has 0 unspecified atom stereocenters. The van der Waals surface area contributed by atoms with Crippen molar-refractivity contribution in [1.82, 2.24) is 9.97 Å². The number of benzene rings is 2. The van der Waals surface area contributed by atoms with Crippen LogP contribution in [0.4, 0.5) is 0 Å². The van der Waals surface area contributed by atoms with Crippen LogP contribution in [0.25, 0.3) is 0 Å². The molecule has 7 nitrogen and oxygen atoms in total. The maximum atomic E-state index is 12.1. The van der Waals surface area contributed by atoms with Crippen molar-refractivity contribution in [1.29, 1.82) is 0 Å². The van der Waals surface area contributed by atoms with Crippen LogP contribution in [0, 0.1) is 6.92 Å². The second-order valence-electron chi connectivity index (χ2n) is 6.37. The van der Waals surface area contributed by atoms with Crippen LogP contribution in [0.3, 0.4) is 0 Å². The number of carbonyl (C=O) groups is 1. The lowest BCUT2D eigenvalue weighted by Gasteiger charge is -2.14. The van der Waals surface area contributed by atoms with Crippen molar-refractivity contribution in [3.8, 4) is 23.1 Å². The van der Waals surface area contributed by atoms with Gasteiger partial charge in [0.05, 0.1) is 19.4 Å². The first kappa shape index (κ1) is 23.4. The quantitative estimate of drug-likeness (QED) is 0.131. The molecule has 0 amide bonds. The number of aromatic nitrogens is 2. The zero-order chi connectivity index (χ0) is 22.9. The summed E-state index contributed by atoms with van der Waals surface area (Å²) in [7, 11) is 1.43. The summed E-state index contributed by atoms with van der Waals surface area (Å²) < 4.78 is 22.0. The summed E-state index contributed by atoms with van der Waals surface area (Å²) in [4.78, 5) is 20.7. The normalized spacial score (nSPS) is 10.8. The number of hydrogen-bond donors (Lipinski definition) is 0. The number of nitrogens with zero attached hydrogens (tertiary/aromatic N) is 2. The molecule has 0 aliphatic rings. The highest BCUT2D eigenvalue weighted by Gasteiger charge is 2.19. The van der Waals surface area contributed by atoms with Crippen LogP contribution in [0.1, 0.15) is 11.4 Å². The van der Waals surface area contributed by atoms with Crippen molar-refractivity contribution in [2.75, 3.05) is 13.4 Å². The number of rotatable bonds is 9. The standard InChI is InChI=1S/C23H21ClN2O5S/c1-15-25-22(21(23(26-15)32-3)31-20(27)10-11-28-2)30-19-9-5-8-18(13-19)29-14-16-6-4-7-17(24)12-16/h4-13H,14H2,1-3H3. The Kier molecular flexibility index (Phi) is 8.35. The molecule has 166 valence electrons. The minimum atomic E-state index is -0.641. The number of ether oxygens (including phenoxy) is 4. The van der Waals surface area contributed by atoms with Crippen LogP contribution in [0.2, 0.25) is 5.02 Å². The van der Waals surface area contributed by atoms with Gasteiger partial charge in [-0.3, -0.25) is 0 Å². The second-order valence-corrected chi connectivity index (χ2v) is 7.60. The molecular weight excluding hydrogens is 452 g/mol. The summed E-state index contributed by atoms with van der Waals surface area (Å²) in [6, 6.07) is 14.5. The third-order valence-corrected chi connectivity index (χ3v) is 4.86. The van der Waals surface area contributed by atoms with Gasteiger partial charge in [-0.25, -0.2) is 9.78 Å². The van der Waals surface area contributed by atoms with Gasteiger partial charge >= 0.3 is 5.97 Å². The molecule has 0 aliphatic carbocycles. The number of esters is 1. The van der Waals surface area contributed by atoms with Gasteiger partial charge in [0.15, 0.2) is 0 Å². The molecule has 0 spiro atoms. The highest BCUT2D eigenvalue weighted by molar-refractivity contribution is 7.98. The van der Waals surface area contributed by atoms with E-state index in [-0.39, 0.29) is 11.6 Å². The van der Waals surface area contributed by atoms with Gasteiger partial charge in [0.25, 0.3) is 5.88 Å². The molecule has 0 saturated carbocycles. The predicted molar refractivity (Wildman–Crippen MR) is 123 cm³/mol. The Morgan fingerprint density at radius 3 is 2.66 bits per heavy atom. The van der Waals surface area contributed by atoms with E-state index < -0.39 is 5.97 Å². The van der Waals surface area contributed by atoms with Crippen LogP contribution >= 0.6 is 23.4 Å². The van der Waals surface area contributed by atoms with Crippen LogP contribution in [-0.4, -0.2) is 29.3 Å². The van der Waals surface area contributed by atoms with E-state index in [0.717, 1.165) is 11.6 Å². The fourth-order valence-electron chi connectivity index (χ4n) is 2.60. The van der Waals surface area contributed by atoms with Crippen molar-refractivity contribution in [3.05, 3.63) is 77.3 Å². The van der Waals surface area contributed by atoms with Crippen LogP contribution in [0.15, 0.2) is 65.9 Å². The molecule has 1 heterocycles. The molecule has 0 saturated heterocycles. The van der Waals surface area contributed by atoms with Gasteiger partial charge in [-0.05, 0) is 43.0 Å². The molecule has 0 aliphatic heterocycles. The smallest absolute Gasteiger partial charge is 0.339 e. The van der Waals surface area contributed by atoms with Crippen LogP contribution in [0.5, 0.6) is 23.1 Å². The molecule has 3 rings (SSSR count). The Balaban J connectivity index is 1.81. The Hall–Kier alpha value is -3.23. The average Bonchev–Trinajstić information content (AvgIpc) is 2.78. The summed E-state index contributed by atoms with van der Waals surface area (Å²) in [6.45, 7) is 2.08. The molecule has 0 atom stereocenters. The SMILES string of the molecule is COC=CC(=O)Oc1c(Oc2cccc(OCc3cccc(Cl)c3)c2)nc(C)nc1SC. The van der Waals surface area contributed by atoms with E-state index in [2.05, 4.69) is 9.97 Å². The zero-order valence-corrected chi connectivity index (χ0v) is 19.3. The summed E-state index contributed by atoms with van der Waals surface area (Å²) in [5.74, 6) is 1.14. The minimum absolute atomic E-state index is 0.119. The minimum Gasteiger partial charge on any atom is -0.504 e. The molecule has 0 bridgehead atoms. The third kappa shape index (κ3) is 6.63. The van der Waals surface area contributed by atoms with Gasteiger partial charge in [-0.15, -0.1) is 11.8 Å². The highest BCUT2D eigenvalue weighted by Crippen LogP contribution is 2.37. The molecule has 32 heavy (non-hydrogen) atoms. The zero-order valence-electron chi connectivity index (χ0n) is 17.7. The topological polar surface area (TPSA) is 79.8 Å². The van der Waals surface area contributed by atoms with E-state index in [9.17, 15) is 4.79 Å². The molecule has 2 aromatic carbocycles. The number of halogens is 1. The fourth-order valence-corrected chi connectivity index (χ4v) is 3.35. The molecule has 0 fully saturated rings. The Morgan fingerprint density at radius 1 is 1.12 bits per heavy atom. The lowest BCUT2D eigenvalue weighted by atomic mass is 10.2. The van der Waals surface area contributed by atoms with Gasteiger partial charge in [0.1, 0.15) is 29.0 Å². The van der Waals surface area contributed by atoms with E-state index in [1.807, 2.05) is 36.6 Å². The maximum absolute atomic E-state index is 12.1. The summed E-state index contributed by atoms with van der Waals surface area (Å²) in [5.41, 5.74) is 0.943. The molecule has 3 aromatic rings. The van der Waals surface area contributed by atoms with E-state index in [1.54, 1.807) is 25.1 Å². The Bertz CT molecular complexity index is 1120. The van der Waals surface area contributed by atoms with E-state index >= 15 is 0 Å². The monoisotopic (exact) mass is 472 g/mol. The summed E-state index contributed by atoms with van der Waals surface area (Å²) in [5, 5.41) is 1.12. The van der Waals surface area contributed by atoms with Crippen molar-refractivity contribution >= 4 is 29.3 Å². The molecular formula is C23H21ClN2O5S. The fraction of sp³-hybridized carbons (Fsp3) is 0.174. The summed E-state index contributed by atoms with van der Waals surface area (Å²) in [6.07, 6.45) is 4.19. The number of thioether (sulfide) groups is 1. The predicted octanol–water partition coefficient (Wildman–Crippen LogP) is 5.60. The Labute approximate surface area is 195 Å². The first-order valence-electron chi connectivity index (χ1n) is 9.47. The molecule has 0 N–H and O–H groups in total. The van der Waals surface area contributed by atoms with Crippen molar-refractivity contribution in [2.24, 2.45) is 0 Å². The molecule has 0 radical (unpaired) electrons. The van der Waals surface area contributed by atoms with E-state index in [1.165, 1.54) is 25.1 Å². The summed E-state index contributed by atoms with van der Waals surface area (Å²) >= 11 is 7.33. The molecule has 9 heteroatoms. The number of carbonyl (C=O) groups excluding carboxylic acids is 1.